The highest BCUT2D eigenvalue weighted by atomic mass is 127. The molecule has 0 saturated carbocycles. The first-order valence-corrected chi connectivity index (χ1v) is 9.20. The Hall–Kier alpha value is -1.12. The van der Waals surface area contributed by atoms with Crippen LogP contribution in [0.3, 0.4) is 0 Å². The van der Waals surface area contributed by atoms with E-state index in [4.69, 9.17) is 4.74 Å². The van der Waals surface area contributed by atoms with Crippen molar-refractivity contribution in [3.05, 3.63) is 56.1 Å². The van der Waals surface area contributed by atoms with E-state index in [2.05, 4.69) is 48.7 Å². The molecule has 2 aromatic rings. The Morgan fingerprint density at radius 1 is 1.17 bits per heavy atom. The molecule has 1 amide bonds. The Kier molecular flexibility index (Phi) is 5.55. The van der Waals surface area contributed by atoms with Gasteiger partial charge < -0.3 is 15.0 Å². The summed E-state index contributed by atoms with van der Waals surface area (Å²) in [5.74, 6) is -0.102. The van der Waals surface area contributed by atoms with Gasteiger partial charge >= 0.3 is 0 Å². The van der Waals surface area contributed by atoms with Crippen molar-refractivity contribution in [1.29, 1.82) is 0 Å². The van der Waals surface area contributed by atoms with Gasteiger partial charge in [-0.25, -0.2) is 0 Å². The molecule has 4 nitrogen and oxygen atoms in total. The molecule has 0 radical (unpaired) electrons. The molecular formula is C17H16BrIN2O2. The topological polar surface area (TPSA) is 41.6 Å². The molecule has 0 atom stereocenters. The second-order valence-electron chi connectivity index (χ2n) is 5.23. The van der Waals surface area contributed by atoms with Crippen LogP contribution in [0.4, 0.5) is 11.4 Å². The number of benzene rings is 2. The summed E-state index contributed by atoms with van der Waals surface area (Å²) in [5, 5.41) is 2.94. The molecule has 6 heteroatoms. The molecule has 1 heterocycles. The standard InChI is InChI=1S/C17H16BrIN2O2/c18-15-11-14(4-5-16(15)21-6-8-23-9-7-21)20-17(22)12-2-1-3-13(19)10-12/h1-5,10-11H,6-9H2,(H,20,22). The fourth-order valence-electron chi connectivity index (χ4n) is 2.48. The third-order valence-corrected chi connectivity index (χ3v) is 4.95. The van der Waals surface area contributed by atoms with Crippen molar-refractivity contribution in [3.8, 4) is 0 Å². The maximum absolute atomic E-state index is 12.3. The van der Waals surface area contributed by atoms with Gasteiger partial charge in [0.05, 0.1) is 18.9 Å². The number of halogens is 2. The van der Waals surface area contributed by atoms with Crippen LogP contribution in [0.15, 0.2) is 46.9 Å². The first-order valence-electron chi connectivity index (χ1n) is 7.32. The first kappa shape index (κ1) is 16.7. The van der Waals surface area contributed by atoms with Crippen molar-refractivity contribution >= 4 is 55.8 Å². The number of ether oxygens (including phenoxy) is 1. The van der Waals surface area contributed by atoms with Crippen LogP contribution in [0.5, 0.6) is 0 Å². The van der Waals surface area contributed by atoms with Crippen molar-refractivity contribution in [2.75, 3.05) is 36.5 Å². The van der Waals surface area contributed by atoms with E-state index >= 15 is 0 Å². The summed E-state index contributed by atoms with van der Waals surface area (Å²) in [6.45, 7) is 3.26. The molecule has 1 saturated heterocycles. The number of nitrogens with one attached hydrogen (secondary N) is 1. The van der Waals surface area contributed by atoms with Crippen LogP contribution in [-0.4, -0.2) is 32.2 Å². The quantitative estimate of drug-likeness (QED) is 0.663. The van der Waals surface area contributed by atoms with Gasteiger partial charge in [-0.3, -0.25) is 4.79 Å². The third-order valence-electron chi connectivity index (χ3n) is 3.64. The second kappa shape index (κ2) is 7.63. The van der Waals surface area contributed by atoms with Crippen molar-refractivity contribution in [2.24, 2.45) is 0 Å². The van der Waals surface area contributed by atoms with Crippen LogP contribution in [0.1, 0.15) is 10.4 Å². The van der Waals surface area contributed by atoms with Crippen LogP contribution in [0, 0.1) is 3.57 Å². The zero-order valence-corrected chi connectivity index (χ0v) is 16.1. The lowest BCUT2D eigenvalue weighted by Gasteiger charge is -2.29. The highest BCUT2D eigenvalue weighted by Gasteiger charge is 2.15. The Balaban J connectivity index is 1.73. The van der Waals surface area contributed by atoms with Crippen molar-refractivity contribution in [3.63, 3.8) is 0 Å². The highest BCUT2D eigenvalue weighted by molar-refractivity contribution is 14.1. The number of carbonyl (C=O) groups is 1. The van der Waals surface area contributed by atoms with Crippen LogP contribution >= 0.6 is 38.5 Å². The third kappa shape index (κ3) is 4.24. The van der Waals surface area contributed by atoms with E-state index in [9.17, 15) is 4.79 Å². The minimum absolute atomic E-state index is 0.102. The van der Waals surface area contributed by atoms with Crippen molar-refractivity contribution < 1.29 is 9.53 Å². The number of nitrogens with zero attached hydrogens (tertiary/aromatic N) is 1. The lowest BCUT2D eigenvalue weighted by Crippen LogP contribution is -2.36. The fourth-order valence-corrected chi connectivity index (χ4v) is 3.65. The largest absolute Gasteiger partial charge is 0.378 e. The number of amides is 1. The number of rotatable bonds is 3. The summed E-state index contributed by atoms with van der Waals surface area (Å²) < 4.78 is 7.39. The van der Waals surface area contributed by atoms with Crippen molar-refractivity contribution in [2.45, 2.75) is 0 Å². The zero-order valence-electron chi connectivity index (χ0n) is 12.4. The maximum Gasteiger partial charge on any atom is 0.255 e. The maximum atomic E-state index is 12.3. The van der Waals surface area contributed by atoms with E-state index < -0.39 is 0 Å². The van der Waals surface area contributed by atoms with Crippen LogP contribution < -0.4 is 10.2 Å². The molecule has 3 rings (SSSR count). The first-order chi connectivity index (χ1) is 11.1. The molecule has 120 valence electrons. The minimum Gasteiger partial charge on any atom is -0.378 e. The Morgan fingerprint density at radius 3 is 2.65 bits per heavy atom. The van der Waals surface area contributed by atoms with E-state index in [0.29, 0.717) is 5.56 Å². The number of carbonyl (C=O) groups excluding carboxylic acids is 1. The molecule has 0 spiro atoms. The van der Waals surface area contributed by atoms with E-state index in [1.54, 1.807) is 0 Å². The number of anilines is 2. The van der Waals surface area contributed by atoms with Gasteiger partial charge in [-0.1, -0.05) is 6.07 Å². The van der Waals surface area contributed by atoms with Gasteiger partial charge in [-0.15, -0.1) is 0 Å². The van der Waals surface area contributed by atoms with Crippen molar-refractivity contribution in [1.82, 2.24) is 0 Å². The van der Waals surface area contributed by atoms with E-state index in [-0.39, 0.29) is 5.91 Å². The van der Waals surface area contributed by atoms with E-state index in [1.165, 1.54) is 0 Å². The number of hydrogen-bond donors (Lipinski definition) is 1. The average molecular weight is 487 g/mol. The molecule has 0 unspecified atom stereocenters. The molecular weight excluding hydrogens is 471 g/mol. The normalized spacial score (nSPS) is 14.6. The van der Waals surface area contributed by atoms with Gasteiger partial charge in [0.15, 0.2) is 0 Å². The van der Waals surface area contributed by atoms with Gasteiger partial charge in [0, 0.05) is 32.4 Å². The molecule has 1 aliphatic heterocycles. The molecule has 0 aliphatic carbocycles. The van der Waals surface area contributed by atoms with E-state index in [1.807, 2.05) is 42.5 Å². The van der Waals surface area contributed by atoms with E-state index in [0.717, 1.165) is 45.7 Å². The Labute approximate surface area is 157 Å². The highest BCUT2D eigenvalue weighted by Crippen LogP contribution is 2.30. The molecule has 2 aromatic carbocycles. The number of hydrogen-bond acceptors (Lipinski definition) is 3. The van der Waals surface area contributed by atoms with Gasteiger partial charge in [0.25, 0.3) is 5.91 Å². The van der Waals surface area contributed by atoms with Crippen LogP contribution in [-0.2, 0) is 4.74 Å². The minimum atomic E-state index is -0.102. The summed E-state index contributed by atoms with van der Waals surface area (Å²) in [4.78, 5) is 14.6. The van der Waals surface area contributed by atoms with Crippen LogP contribution in [0.25, 0.3) is 0 Å². The van der Waals surface area contributed by atoms with Gasteiger partial charge in [-0.05, 0) is 74.9 Å². The van der Waals surface area contributed by atoms with Gasteiger partial charge in [0.2, 0.25) is 0 Å². The summed E-state index contributed by atoms with van der Waals surface area (Å²) >= 11 is 5.81. The number of morpholine rings is 1. The molecule has 23 heavy (non-hydrogen) atoms. The SMILES string of the molecule is O=C(Nc1ccc(N2CCOCC2)c(Br)c1)c1cccc(I)c1. The molecule has 1 aliphatic rings. The second-order valence-corrected chi connectivity index (χ2v) is 7.33. The monoisotopic (exact) mass is 486 g/mol. The van der Waals surface area contributed by atoms with Gasteiger partial charge in [-0.2, -0.15) is 0 Å². The lowest BCUT2D eigenvalue weighted by atomic mass is 10.2. The summed E-state index contributed by atoms with van der Waals surface area (Å²) in [7, 11) is 0. The predicted molar refractivity (Wildman–Crippen MR) is 104 cm³/mol. The summed E-state index contributed by atoms with van der Waals surface area (Å²) in [6, 6.07) is 13.4. The fraction of sp³-hybridized carbons (Fsp3) is 0.235. The Morgan fingerprint density at radius 2 is 1.96 bits per heavy atom. The Bertz CT molecular complexity index is 717. The summed E-state index contributed by atoms with van der Waals surface area (Å²) in [6.07, 6.45) is 0. The van der Waals surface area contributed by atoms with Gasteiger partial charge in [0.1, 0.15) is 0 Å². The summed E-state index contributed by atoms with van der Waals surface area (Å²) in [5.41, 5.74) is 2.56. The molecule has 0 aromatic heterocycles. The zero-order chi connectivity index (χ0) is 16.2. The smallest absolute Gasteiger partial charge is 0.255 e. The molecule has 1 N–H and O–H groups in total. The average Bonchev–Trinajstić information content (AvgIpc) is 2.56. The lowest BCUT2D eigenvalue weighted by molar-refractivity contribution is 0.102. The van der Waals surface area contributed by atoms with Crippen LogP contribution in [0.2, 0.25) is 0 Å². The molecule has 1 fully saturated rings. The predicted octanol–water partition coefficient (Wildman–Crippen LogP) is 4.14. The molecule has 0 bridgehead atoms.